The molecular weight excluding hydrogens is 330 g/mol. The van der Waals surface area contributed by atoms with Gasteiger partial charge in [-0.15, -0.1) is 0 Å². The van der Waals surface area contributed by atoms with Gasteiger partial charge in [-0.3, -0.25) is 9.59 Å². The van der Waals surface area contributed by atoms with Gasteiger partial charge in [-0.05, 0) is 19.9 Å². The van der Waals surface area contributed by atoms with Gasteiger partial charge >= 0.3 is 0 Å². The molecule has 0 saturated carbocycles. The van der Waals surface area contributed by atoms with Gasteiger partial charge in [0, 0.05) is 30.2 Å². The molecule has 2 rings (SSSR count). The minimum Gasteiger partial charge on any atom is -0.483 e. The Balaban J connectivity index is 2.32. The Labute approximate surface area is 145 Å². The van der Waals surface area contributed by atoms with Crippen LogP contribution in [0, 0.1) is 0 Å². The average molecular weight is 350 g/mol. The zero-order valence-corrected chi connectivity index (χ0v) is 14.5. The van der Waals surface area contributed by atoms with E-state index < -0.39 is 0 Å². The molecule has 0 radical (unpaired) electrons. The van der Waals surface area contributed by atoms with Crippen LogP contribution in [-0.4, -0.2) is 30.4 Å². The third-order valence-electron chi connectivity index (χ3n) is 3.46. The van der Waals surface area contributed by atoms with Crippen LogP contribution in [0.15, 0.2) is 30.3 Å². The van der Waals surface area contributed by atoms with Crippen molar-refractivity contribution in [3.8, 4) is 5.75 Å². The number of ether oxygens (including phenoxy) is 1. The number of hydrogen-bond donors (Lipinski definition) is 3. The number of aromatic nitrogens is 1. The molecule has 0 unspecified atom stereocenters. The second kappa shape index (κ2) is 7.88. The van der Waals surface area contributed by atoms with Gasteiger partial charge in [-0.2, -0.15) is 0 Å². The van der Waals surface area contributed by atoms with Crippen LogP contribution in [0.5, 0.6) is 5.75 Å². The first-order valence-electron chi connectivity index (χ1n) is 7.62. The summed E-state index contributed by atoms with van der Waals surface area (Å²) in [6, 6.07) is 8.83. The summed E-state index contributed by atoms with van der Waals surface area (Å²) in [4.78, 5) is 26.8. The van der Waals surface area contributed by atoms with E-state index in [9.17, 15) is 9.59 Å². The molecule has 0 spiro atoms. The van der Waals surface area contributed by atoms with E-state index in [4.69, 9.17) is 16.3 Å². The largest absolute Gasteiger partial charge is 0.483 e. The summed E-state index contributed by atoms with van der Waals surface area (Å²) < 4.78 is 5.89. The Morgan fingerprint density at radius 1 is 1.29 bits per heavy atom. The molecule has 0 aliphatic heterocycles. The Bertz CT molecular complexity index is 742. The minimum absolute atomic E-state index is 0.192. The fourth-order valence-electron chi connectivity index (χ4n) is 2.26. The zero-order valence-electron chi connectivity index (χ0n) is 13.8. The van der Waals surface area contributed by atoms with Crippen molar-refractivity contribution in [1.82, 2.24) is 15.6 Å². The number of H-pyrrole nitrogens is 1. The number of benzene rings is 1. The highest BCUT2D eigenvalue weighted by Crippen LogP contribution is 2.29. The number of nitrogens with one attached hydrogen (secondary N) is 3. The summed E-state index contributed by atoms with van der Waals surface area (Å²) in [5.41, 5.74) is 1.25. The van der Waals surface area contributed by atoms with E-state index in [1.165, 1.54) is 13.1 Å². The summed E-state index contributed by atoms with van der Waals surface area (Å²) >= 11 is 6.18. The maximum Gasteiger partial charge on any atom is 0.271 e. The standard InChI is InChI=1S/C17H20ClN3O3/c1-4-20-16(22)13-9-14(15(21-13)17(23)19-3)24-10(2)11-7-5-6-8-12(11)18/h5-10,21H,4H2,1-3H3,(H,19,23)(H,20,22)/t10-/m0/s1. The minimum atomic E-state index is -0.389. The monoisotopic (exact) mass is 349 g/mol. The number of carbonyl (C=O) groups excluding carboxylic acids is 2. The quantitative estimate of drug-likeness (QED) is 0.749. The lowest BCUT2D eigenvalue weighted by Gasteiger charge is -2.16. The Kier molecular flexibility index (Phi) is 5.87. The van der Waals surface area contributed by atoms with Crippen molar-refractivity contribution >= 4 is 23.4 Å². The number of amides is 2. The normalized spacial score (nSPS) is 11.7. The molecule has 7 heteroatoms. The lowest BCUT2D eigenvalue weighted by molar-refractivity contribution is 0.0951. The van der Waals surface area contributed by atoms with Gasteiger partial charge in [0.05, 0.1) is 0 Å². The van der Waals surface area contributed by atoms with Crippen LogP contribution in [-0.2, 0) is 0 Å². The topological polar surface area (TPSA) is 83.2 Å². The molecular formula is C17H20ClN3O3. The average Bonchev–Trinajstić information content (AvgIpc) is 2.98. The molecule has 2 amide bonds. The number of halogens is 1. The SMILES string of the molecule is CCNC(=O)c1cc(O[C@@H](C)c2ccccc2Cl)c(C(=O)NC)[nH]1. The highest BCUT2D eigenvalue weighted by Gasteiger charge is 2.21. The second-order valence-corrected chi connectivity index (χ2v) is 5.55. The van der Waals surface area contributed by atoms with E-state index in [-0.39, 0.29) is 29.3 Å². The van der Waals surface area contributed by atoms with Crippen LogP contribution in [0.3, 0.4) is 0 Å². The zero-order chi connectivity index (χ0) is 17.7. The summed E-state index contributed by atoms with van der Waals surface area (Å²) in [5, 5.41) is 5.77. The van der Waals surface area contributed by atoms with Gasteiger partial charge in [0.25, 0.3) is 11.8 Å². The van der Waals surface area contributed by atoms with Crippen molar-refractivity contribution in [1.29, 1.82) is 0 Å². The lowest BCUT2D eigenvalue weighted by Crippen LogP contribution is -2.23. The fraction of sp³-hybridized carbons (Fsp3) is 0.294. The van der Waals surface area contributed by atoms with E-state index in [0.717, 1.165) is 5.56 Å². The van der Waals surface area contributed by atoms with E-state index in [0.29, 0.717) is 17.3 Å². The first-order valence-corrected chi connectivity index (χ1v) is 8.00. The molecule has 0 bridgehead atoms. The lowest BCUT2D eigenvalue weighted by atomic mass is 10.1. The first kappa shape index (κ1) is 17.9. The van der Waals surface area contributed by atoms with Gasteiger partial charge in [0.1, 0.15) is 17.5 Å². The molecule has 128 valence electrons. The van der Waals surface area contributed by atoms with Crippen molar-refractivity contribution in [3.05, 3.63) is 52.3 Å². The molecule has 2 aromatic rings. The highest BCUT2D eigenvalue weighted by molar-refractivity contribution is 6.31. The maximum atomic E-state index is 12.0. The summed E-state index contributed by atoms with van der Waals surface area (Å²) in [6.45, 7) is 4.13. The number of carbonyl (C=O) groups is 2. The van der Waals surface area contributed by atoms with E-state index in [1.807, 2.05) is 32.0 Å². The van der Waals surface area contributed by atoms with Gasteiger partial charge < -0.3 is 20.4 Å². The number of aromatic amines is 1. The highest BCUT2D eigenvalue weighted by atomic mass is 35.5. The Morgan fingerprint density at radius 2 is 2.00 bits per heavy atom. The van der Waals surface area contributed by atoms with Crippen molar-refractivity contribution in [2.75, 3.05) is 13.6 Å². The van der Waals surface area contributed by atoms with Gasteiger partial charge in [0.2, 0.25) is 0 Å². The van der Waals surface area contributed by atoms with Crippen LogP contribution < -0.4 is 15.4 Å². The summed E-state index contributed by atoms with van der Waals surface area (Å²) in [6.07, 6.45) is -0.389. The van der Waals surface area contributed by atoms with E-state index >= 15 is 0 Å². The molecule has 1 aromatic carbocycles. The third kappa shape index (κ3) is 3.89. The number of rotatable bonds is 6. The molecule has 1 atom stereocenters. The second-order valence-electron chi connectivity index (χ2n) is 5.14. The molecule has 0 saturated heterocycles. The van der Waals surface area contributed by atoms with Gasteiger partial charge in [0.15, 0.2) is 5.75 Å². The molecule has 0 fully saturated rings. The first-order chi connectivity index (χ1) is 11.5. The molecule has 1 heterocycles. The molecule has 0 aliphatic carbocycles. The summed E-state index contributed by atoms with van der Waals surface area (Å²) in [5.74, 6) is -0.377. The Hall–Kier alpha value is -2.47. The predicted molar refractivity (Wildman–Crippen MR) is 92.7 cm³/mol. The van der Waals surface area contributed by atoms with Crippen LogP contribution >= 0.6 is 11.6 Å². The third-order valence-corrected chi connectivity index (χ3v) is 3.81. The summed E-state index contributed by atoms with van der Waals surface area (Å²) in [7, 11) is 1.51. The van der Waals surface area contributed by atoms with Crippen molar-refractivity contribution < 1.29 is 14.3 Å². The van der Waals surface area contributed by atoms with Crippen LogP contribution in [0.4, 0.5) is 0 Å². The molecule has 0 aliphatic rings. The molecule has 6 nitrogen and oxygen atoms in total. The van der Waals surface area contributed by atoms with Crippen molar-refractivity contribution in [3.63, 3.8) is 0 Å². The predicted octanol–water partition coefficient (Wildman–Crippen LogP) is 2.92. The molecule has 1 aromatic heterocycles. The fourth-order valence-corrected chi connectivity index (χ4v) is 2.55. The van der Waals surface area contributed by atoms with E-state index in [1.54, 1.807) is 6.07 Å². The molecule has 24 heavy (non-hydrogen) atoms. The van der Waals surface area contributed by atoms with Crippen molar-refractivity contribution in [2.45, 2.75) is 20.0 Å². The number of hydrogen-bond acceptors (Lipinski definition) is 3. The van der Waals surface area contributed by atoms with E-state index in [2.05, 4.69) is 15.6 Å². The van der Waals surface area contributed by atoms with Gasteiger partial charge in [-0.1, -0.05) is 29.8 Å². The van der Waals surface area contributed by atoms with Crippen LogP contribution in [0.1, 0.15) is 46.5 Å². The maximum absolute atomic E-state index is 12.0. The van der Waals surface area contributed by atoms with Crippen molar-refractivity contribution in [2.24, 2.45) is 0 Å². The Morgan fingerprint density at radius 3 is 2.62 bits per heavy atom. The molecule has 3 N–H and O–H groups in total. The van der Waals surface area contributed by atoms with Crippen LogP contribution in [0.25, 0.3) is 0 Å². The van der Waals surface area contributed by atoms with Crippen LogP contribution in [0.2, 0.25) is 5.02 Å². The van der Waals surface area contributed by atoms with Gasteiger partial charge in [-0.25, -0.2) is 0 Å². The smallest absolute Gasteiger partial charge is 0.271 e.